The summed E-state index contributed by atoms with van der Waals surface area (Å²) in [5.41, 5.74) is 2.07. The van der Waals surface area contributed by atoms with Crippen molar-refractivity contribution >= 4 is 17.3 Å². The number of carbonyl (C=O) groups excluding carboxylic acids is 1. The van der Waals surface area contributed by atoms with Crippen LogP contribution in [0.25, 0.3) is 0 Å². The third-order valence-corrected chi connectivity index (χ3v) is 4.36. The van der Waals surface area contributed by atoms with Gasteiger partial charge in [0.2, 0.25) is 0 Å². The minimum atomic E-state index is -0.933. The van der Waals surface area contributed by atoms with Crippen LogP contribution >= 0.6 is 0 Å². The van der Waals surface area contributed by atoms with Gasteiger partial charge in [0.1, 0.15) is 5.92 Å². The minimum Gasteiger partial charge on any atom is -0.272 e. The predicted molar refractivity (Wildman–Crippen MR) is 94.4 cm³/mol. The Kier molecular flexibility index (Phi) is 4.59. The van der Waals surface area contributed by atoms with Gasteiger partial charge in [-0.1, -0.05) is 48.5 Å². The molecule has 1 aliphatic rings. The van der Waals surface area contributed by atoms with Gasteiger partial charge in [0.15, 0.2) is 0 Å². The van der Waals surface area contributed by atoms with Crippen LogP contribution in [0.1, 0.15) is 18.4 Å². The fraction of sp³-hybridized carbons (Fsp3) is 0.200. The van der Waals surface area contributed by atoms with Crippen LogP contribution in [0.3, 0.4) is 0 Å². The van der Waals surface area contributed by atoms with Crippen LogP contribution in [0.2, 0.25) is 0 Å². The number of para-hydroxylation sites is 1. The van der Waals surface area contributed by atoms with Gasteiger partial charge in [-0.05, 0) is 24.6 Å². The van der Waals surface area contributed by atoms with E-state index in [1.807, 2.05) is 60.7 Å². The third-order valence-electron chi connectivity index (χ3n) is 4.36. The van der Waals surface area contributed by atoms with Gasteiger partial charge in [0.05, 0.1) is 23.7 Å². The maximum absolute atomic E-state index is 13.1. The molecular weight excluding hydrogens is 312 g/mol. The van der Waals surface area contributed by atoms with Gasteiger partial charge in [-0.15, -0.1) is 0 Å². The van der Waals surface area contributed by atoms with E-state index in [4.69, 9.17) is 0 Å². The second-order valence-electron chi connectivity index (χ2n) is 5.88. The highest BCUT2D eigenvalue weighted by atomic mass is 16.2. The summed E-state index contributed by atoms with van der Waals surface area (Å²) in [4.78, 5) is 13.1. The molecule has 5 heteroatoms. The lowest BCUT2D eigenvalue weighted by Gasteiger charge is -2.24. The van der Waals surface area contributed by atoms with E-state index in [0.717, 1.165) is 5.56 Å². The van der Waals surface area contributed by atoms with Gasteiger partial charge >= 0.3 is 0 Å². The van der Waals surface area contributed by atoms with Crippen molar-refractivity contribution in [1.29, 1.82) is 10.5 Å². The molecule has 0 N–H and O–H groups in total. The number of rotatable bonds is 4. The number of hydrogen-bond donors (Lipinski definition) is 0. The topological polar surface area (TPSA) is 80.2 Å². The first-order valence-corrected chi connectivity index (χ1v) is 7.95. The molecule has 0 fully saturated rings. The van der Waals surface area contributed by atoms with Gasteiger partial charge < -0.3 is 0 Å². The van der Waals surface area contributed by atoms with E-state index in [2.05, 4.69) is 5.10 Å². The molecule has 1 aliphatic heterocycles. The highest BCUT2D eigenvalue weighted by molar-refractivity contribution is 6.15. The lowest BCUT2D eigenvalue weighted by atomic mass is 9.76. The molecule has 0 saturated heterocycles. The Morgan fingerprint density at radius 3 is 2.12 bits per heavy atom. The highest BCUT2D eigenvalue weighted by Gasteiger charge is 2.44. The maximum Gasteiger partial charge on any atom is 0.256 e. The molecule has 0 spiro atoms. The minimum absolute atomic E-state index is 0.215. The summed E-state index contributed by atoms with van der Waals surface area (Å²) in [7, 11) is 0. The zero-order valence-corrected chi connectivity index (χ0v) is 13.7. The standard InChI is InChI=1S/C20H16N4O/c1-14-18(20(25)24(23-14)17-10-6-3-7-11-17)19(16(12-21)13-22)15-8-4-2-5-9-15/h2-11,16,18-19H,1H3. The molecule has 0 saturated carbocycles. The Labute approximate surface area is 146 Å². The second kappa shape index (κ2) is 6.98. The van der Waals surface area contributed by atoms with Crippen LogP contribution in [-0.4, -0.2) is 11.6 Å². The van der Waals surface area contributed by atoms with Crippen molar-refractivity contribution < 1.29 is 4.79 Å². The number of hydrogen-bond acceptors (Lipinski definition) is 4. The van der Waals surface area contributed by atoms with Crippen molar-refractivity contribution in [2.75, 3.05) is 5.01 Å². The van der Waals surface area contributed by atoms with Gasteiger partial charge in [0.25, 0.3) is 5.91 Å². The zero-order chi connectivity index (χ0) is 17.8. The molecule has 2 atom stereocenters. The first kappa shape index (κ1) is 16.4. The average Bonchev–Trinajstić information content (AvgIpc) is 2.95. The summed E-state index contributed by atoms with van der Waals surface area (Å²) in [6, 6.07) is 22.5. The number of amides is 1. The summed E-state index contributed by atoms with van der Waals surface area (Å²) in [5.74, 6) is -2.33. The number of carbonyl (C=O) groups is 1. The van der Waals surface area contributed by atoms with Crippen molar-refractivity contribution in [3.05, 3.63) is 66.2 Å². The molecule has 0 radical (unpaired) electrons. The molecule has 3 rings (SSSR count). The largest absolute Gasteiger partial charge is 0.272 e. The Balaban J connectivity index is 2.03. The number of nitrogens with zero attached hydrogens (tertiary/aromatic N) is 4. The maximum atomic E-state index is 13.1. The van der Waals surface area contributed by atoms with Crippen LogP contribution in [0.5, 0.6) is 0 Å². The SMILES string of the molecule is CC1=NN(c2ccccc2)C(=O)C1C(c1ccccc1)C(C#N)C#N. The first-order valence-electron chi connectivity index (χ1n) is 7.95. The quantitative estimate of drug-likeness (QED) is 0.862. The van der Waals surface area contributed by atoms with Gasteiger partial charge in [-0.25, -0.2) is 5.01 Å². The molecule has 5 nitrogen and oxygen atoms in total. The van der Waals surface area contributed by atoms with Gasteiger partial charge in [-0.3, -0.25) is 4.79 Å². The Morgan fingerprint density at radius 1 is 1.00 bits per heavy atom. The molecule has 1 amide bonds. The average molecular weight is 328 g/mol. The van der Waals surface area contributed by atoms with E-state index in [1.54, 1.807) is 19.1 Å². The van der Waals surface area contributed by atoms with Gasteiger partial charge in [0, 0.05) is 11.6 Å². The summed E-state index contributed by atoms with van der Waals surface area (Å²) < 4.78 is 0. The van der Waals surface area contributed by atoms with Crippen molar-refractivity contribution in [1.82, 2.24) is 0 Å². The summed E-state index contributed by atoms with van der Waals surface area (Å²) in [5, 5.41) is 24.6. The van der Waals surface area contributed by atoms with Crippen molar-refractivity contribution in [2.45, 2.75) is 12.8 Å². The van der Waals surface area contributed by atoms with Crippen LogP contribution < -0.4 is 5.01 Å². The predicted octanol–water partition coefficient (Wildman–Crippen LogP) is 3.47. The lowest BCUT2D eigenvalue weighted by molar-refractivity contribution is -0.120. The van der Waals surface area contributed by atoms with Crippen molar-refractivity contribution in [3.8, 4) is 12.1 Å². The summed E-state index contributed by atoms with van der Waals surface area (Å²) in [6.45, 7) is 1.77. The van der Waals surface area contributed by atoms with Crippen LogP contribution in [0.15, 0.2) is 65.8 Å². The van der Waals surface area contributed by atoms with E-state index >= 15 is 0 Å². The molecular formula is C20H16N4O. The molecule has 0 aliphatic carbocycles. The molecule has 25 heavy (non-hydrogen) atoms. The zero-order valence-electron chi connectivity index (χ0n) is 13.7. The fourth-order valence-corrected chi connectivity index (χ4v) is 3.19. The Bertz CT molecular complexity index is 863. The van der Waals surface area contributed by atoms with E-state index in [1.165, 1.54) is 5.01 Å². The van der Waals surface area contributed by atoms with E-state index < -0.39 is 17.8 Å². The molecule has 2 unspecified atom stereocenters. The Hall–Kier alpha value is -3.44. The van der Waals surface area contributed by atoms with Crippen molar-refractivity contribution in [2.24, 2.45) is 16.9 Å². The van der Waals surface area contributed by atoms with Crippen molar-refractivity contribution in [3.63, 3.8) is 0 Å². The molecule has 0 bridgehead atoms. The first-order chi connectivity index (χ1) is 12.2. The number of benzene rings is 2. The van der Waals surface area contributed by atoms with Crippen LogP contribution in [-0.2, 0) is 4.79 Å². The smallest absolute Gasteiger partial charge is 0.256 e. The normalized spacial score (nSPS) is 17.8. The molecule has 2 aromatic rings. The molecule has 122 valence electrons. The second-order valence-corrected chi connectivity index (χ2v) is 5.88. The number of hydrazone groups is 1. The summed E-state index contributed by atoms with van der Waals surface area (Å²) >= 11 is 0. The molecule has 0 aromatic heterocycles. The number of anilines is 1. The van der Waals surface area contributed by atoms with Crippen LogP contribution in [0, 0.1) is 34.5 Å². The van der Waals surface area contributed by atoms with E-state index in [9.17, 15) is 15.3 Å². The Morgan fingerprint density at radius 2 is 1.56 bits per heavy atom. The van der Waals surface area contributed by atoms with Crippen LogP contribution in [0.4, 0.5) is 5.69 Å². The van der Waals surface area contributed by atoms with Gasteiger partial charge in [-0.2, -0.15) is 15.6 Å². The molecule has 2 aromatic carbocycles. The number of nitriles is 2. The van der Waals surface area contributed by atoms with E-state index in [-0.39, 0.29) is 5.91 Å². The summed E-state index contributed by atoms with van der Waals surface area (Å²) in [6.07, 6.45) is 0. The van der Waals surface area contributed by atoms with E-state index in [0.29, 0.717) is 11.4 Å². The lowest BCUT2D eigenvalue weighted by Crippen LogP contribution is -2.34. The third kappa shape index (κ3) is 3.00. The fourth-order valence-electron chi connectivity index (χ4n) is 3.19. The monoisotopic (exact) mass is 328 g/mol. The molecule has 1 heterocycles. The highest BCUT2D eigenvalue weighted by Crippen LogP contribution is 2.38.